The molecule has 1 saturated heterocycles. The van der Waals surface area contributed by atoms with Gasteiger partial charge in [0, 0.05) is 55.6 Å². The first-order valence-corrected chi connectivity index (χ1v) is 10.5. The molecule has 7 heteroatoms. The molecule has 1 aliphatic rings. The number of carbonyl (C=O) groups is 1. The molecule has 1 amide bonds. The van der Waals surface area contributed by atoms with E-state index in [2.05, 4.69) is 20.4 Å². The van der Waals surface area contributed by atoms with Gasteiger partial charge in [-0.1, -0.05) is 29.8 Å². The second-order valence-corrected chi connectivity index (χ2v) is 8.29. The Balaban J connectivity index is 1.42. The fourth-order valence-electron chi connectivity index (χ4n) is 3.75. The van der Waals surface area contributed by atoms with E-state index in [1.807, 2.05) is 73.6 Å². The summed E-state index contributed by atoms with van der Waals surface area (Å²) in [4.78, 5) is 17.0. The van der Waals surface area contributed by atoms with Crippen LogP contribution in [0.15, 0.2) is 54.6 Å². The smallest absolute Gasteiger partial charge is 0.251 e. The second kappa shape index (κ2) is 8.79. The van der Waals surface area contributed by atoms with Crippen LogP contribution in [0.5, 0.6) is 0 Å². The molecular formula is C23H26ClN5O. The number of amides is 1. The molecule has 4 rings (SSSR count). The molecule has 0 spiro atoms. The quantitative estimate of drug-likeness (QED) is 0.645. The second-order valence-electron chi connectivity index (χ2n) is 7.85. The zero-order valence-corrected chi connectivity index (χ0v) is 18.0. The molecule has 1 aliphatic heterocycles. The van der Waals surface area contributed by atoms with Crippen LogP contribution in [0.25, 0.3) is 11.3 Å². The number of rotatable bonds is 5. The first-order chi connectivity index (χ1) is 14.5. The molecule has 1 aromatic heterocycles. The van der Waals surface area contributed by atoms with Crippen molar-refractivity contribution in [2.24, 2.45) is 0 Å². The number of aromatic amines is 1. The summed E-state index contributed by atoms with van der Waals surface area (Å²) in [7, 11) is 3.94. The van der Waals surface area contributed by atoms with Crippen LogP contribution in [0, 0.1) is 0 Å². The number of hydrogen-bond acceptors (Lipinski definition) is 4. The molecule has 1 atom stereocenters. The van der Waals surface area contributed by atoms with E-state index in [1.54, 1.807) is 0 Å². The van der Waals surface area contributed by atoms with Gasteiger partial charge in [-0.25, -0.2) is 0 Å². The van der Waals surface area contributed by atoms with Crippen molar-refractivity contribution in [2.75, 3.05) is 37.0 Å². The Bertz CT molecular complexity index is 1010. The monoisotopic (exact) mass is 423 g/mol. The Morgan fingerprint density at radius 1 is 1.20 bits per heavy atom. The maximum Gasteiger partial charge on any atom is 0.251 e. The van der Waals surface area contributed by atoms with Crippen molar-refractivity contribution >= 4 is 29.0 Å². The highest BCUT2D eigenvalue weighted by molar-refractivity contribution is 6.30. The van der Waals surface area contributed by atoms with Crippen molar-refractivity contribution in [3.8, 4) is 11.3 Å². The van der Waals surface area contributed by atoms with Crippen molar-refractivity contribution < 1.29 is 4.79 Å². The van der Waals surface area contributed by atoms with Crippen molar-refractivity contribution in [2.45, 2.75) is 18.9 Å². The zero-order valence-electron chi connectivity index (χ0n) is 17.2. The molecule has 0 bridgehead atoms. The van der Waals surface area contributed by atoms with E-state index in [0.29, 0.717) is 10.6 Å². The summed E-state index contributed by atoms with van der Waals surface area (Å²) < 4.78 is 0. The minimum absolute atomic E-state index is 0.0329. The number of halogens is 1. The number of piperidine rings is 1. The van der Waals surface area contributed by atoms with E-state index in [9.17, 15) is 4.79 Å². The molecule has 2 aromatic carbocycles. The summed E-state index contributed by atoms with van der Waals surface area (Å²) in [5.41, 5.74) is 3.69. The van der Waals surface area contributed by atoms with Gasteiger partial charge in [-0.05, 0) is 48.7 Å². The molecule has 2 N–H and O–H groups in total. The zero-order chi connectivity index (χ0) is 21.1. The number of anilines is 2. The van der Waals surface area contributed by atoms with Crippen molar-refractivity contribution in [1.29, 1.82) is 0 Å². The van der Waals surface area contributed by atoms with Gasteiger partial charge in [-0.3, -0.25) is 9.89 Å². The van der Waals surface area contributed by atoms with Crippen molar-refractivity contribution in [3.05, 3.63) is 65.2 Å². The lowest BCUT2D eigenvalue weighted by Crippen LogP contribution is -2.48. The highest BCUT2D eigenvalue weighted by atomic mass is 35.5. The van der Waals surface area contributed by atoms with Gasteiger partial charge in [0.05, 0.1) is 5.69 Å². The van der Waals surface area contributed by atoms with Gasteiger partial charge in [0.15, 0.2) is 5.82 Å². The Morgan fingerprint density at radius 2 is 2.00 bits per heavy atom. The Kier molecular flexibility index (Phi) is 5.95. The maximum atomic E-state index is 12.8. The van der Waals surface area contributed by atoms with E-state index in [-0.39, 0.29) is 11.9 Å². The molecule has 0 radical (unpaired) electrons. The summed E-state index contributed by atoms with van der Waals surface area (Å²) in [6, 6.07) is 17.5. The van der Waals surface area contributed by atoms with Gasteiger partial charge >= 0.3 is 0 Å². The Hall–Kier alpha value is -2.99. The highest BCUT2D eigenvalue weighted by Gasteiger charge is 2.24. The Labute approximate surface area is 181 Å². The number of benzene rings is 2. The molecule has 0 saturated carbocycles. The van der Waals surface area contributed by atoms with Gasteiger partial charge in [-0.15, -0.1) is 0 Å². The molecule has 3 aromatic rings. The van der Waals surface area contributed by atoms with Crippen LogP contribution < -0.4 is 15.1 Å². The summed E-state index contributed by atoms with van der Waals surface area (Å²) >= 11 is 5.98. The van der Waals surface area contributed by atoms with Gasteiger partial charge in [0.1, 0.15) is 0 Å². The predicted octanol–water partition coefficient (Wildman–Crippen LogP) is 4.19. The number of aromatic nitrogens is 2. The number of hydrogen-bond donors (Lipinski definition) is 2. The maximum absolute atomic E-state index is 12.8. The molecule has 0 aliphatic carbocycles. The number of carbonyl (C=O) groups excluding carboxylic acids is 1. The predicted molar refractivity (Wildman–Crippen MR) is 123 cm³/mol. The van der Waals surface area contributed by atoms with Crippen LogP contribution in [0.2, 0.25) is 5.02 Å². The average Bonchev–Trinajstić information content (AvgIpc) is 3.25. The molecule has 30 heavy (non-hydrogen) atoms. The normalized spacial score (nSPS) is 16.4. The van der Waals surface area contributed by atoms with Gasteiger partial charge in [0.25, 0.3) is 5.91 Å². The minimum Gasteiger partial charge on any atom is -0.378 e. The first kappa shape index (κ1) is 20.3. The molecule has 6 nitrogen and oxygen atoms in total. The number of H-pyrrole nitrogens is 1. The lowest BCUT2D eigenvalue weighted by molar-refractivity contribution is 0.0933. The van der Waals surface area contributed by atoms with E-state index in [4.69, 9.17) is 11.6 Å². The largest absolute Gasteiger partial charge is 0.378 e. The van der Waals surface area contributed by atoms with E-state index in [0.717, 1.165) is 48.7 Å². The van der Waals surface area contributed by atoms with E-state index >= 15 is 0 Å². The lowest BCUT2D eigenvalue weighted by atomic mass is 10.0. The fraction of sp³-hybridized carbons (Fsp3) is 0.304. The van der Waals surface area contributed by atoms with Gasteiger partial charge < -0.3 is 15.1 Å². The standard InChI is InChI=1S/C23H26ClN5O/c1-28(2)20-7-3-5-17(13-20)23(30)25-19-6-4-12-29(15-19)22-14-21(26-27-22)16-8-10-18(24)11-9-16/h3,5,7-11,13-14,19H,4,6,12,15H2,1-2H3,(H,25,30)(H,26,27)/t19-/m0/s1. The van der Waals surface area contributed by atoms with E-state index < -0.39 is 0 Å². The number of nitrogens with zero attached hydrogens (tertiary/aromatic N) is 3. The van der Waals surface area contributed by atoms with Gasteiger partial charge in [0.2, 0.25) is 0 Å². The summed E-state index contributed by atoms with van der Waals surface area (Å²) in [6.45, 7) is 1.66. The van der Waals surface area contributed by atoms with Crippen LogP contribution in [0.4, 0.5) is 11.5 Å². The van der Waals surface area contributed by atoms with Gasteiger partial charge in [-0.2, -0.15) is 5.10 Å². The highest BCUT2D eigenvalue weighted by Crippen LogP contribution is 2.25. The summed E-state index contributed by atoms with van der Waals surface area (Å²) in [5, 5.41) is 11.5. The number of nitrogens with one attached hydrogen (secondary N) is 2. The molecule has 1 fully saturated rings. The molecular weight excluding hydrogens is 398 g/mol. The van der Waals surface area contributed by atoms with E-state index in [1.165, 1.54) is 0 Å². The Morgan fingerprint density at radius 3 is 2.77 bits per heavy atom. The molecule has 2 heterocycles. The van der Waals surface area contributed by atoms with Crippen molar-refractivity contribution in [1.82, 2.24) is 15.5 Å². The molecule has 0 unspecified atom stereocenters. The third kappa shape index (κ3) is 4.60. The van der Waals surface area contributed by atoms with Crippen LogP contribution in [0.3, 0.4) is 0 Å². The van der Waals surface area contributed by atoms with Crippen LogP contribution in [0.1, 0.15) is 23.2 Å². The van der Waals surface area contributed by atoms with Crippen LogP contribution in [-0.4, -0.2) is 49.3 Å². The average molecular weight is 424 g/mol. The minimum atomic E-state index is -0.0329. The third-order valence-corrected chi connectivity index (χ3v) is 5.68. The van der Waals surface area contributed by atoms with Crippen LogP contribution >= 0.6 is 11.6 Å². The third-order valence-electron chi connectivity index (χ3n) is 5.42. The lowest BCUT2D eigenvalue weighted by Gasteiger charge is -2.33. The fourth-order valence-corrected chi connectivity index (χ4v) is 3.87. The topological polar surface area (TPSA) is 64.3 Å². The SMILES string of the molecule is CN(C)c1cccc(C(=O)N[C@H]2CCCN(c3cc(-c4ccc(Cl)cc4)[nH]n3)C2)c1. The van der Waals surface area contributed by atoms with Crippen LogP contribution in [-0.2, 0) is 0 Å². The van der Waals surface area contributed by atoms with Crippen molar-refractivity contribution in [3.63, 3.8) is 0 Å². The first-order valence-electron chi connectivity index (χ1n) is 10.1. The molecule has 156 valence electrons. The summed E-state index contributed by atoms with van der Waals surface area (Å²) in [5.74, 6) is 0.864. The summed E-state index contributed by atoms with van der Waals surface area (Å²) in [6.07, 6.45) is 1.97.